The highest BCUT2D eigenvalue weighted by Gasteiger charge is 2.25. The fraction of sp³-hybridized carbons (Fsp3) is 0.364. The lowest BCUT2D eigenvalue weighted by Gasteiger charge is -2.25. The van der Waals surface area contributed by atoms with E-state index < -0.39 is 5.82 Å². The summed E-state index contributed by atoms with van der Waals surface area (Å²) in [5, 5.41) is 11.7. The molecule has 162 valence electrons. The number of ketones is 1. The van der Waals surface area contributed by atoms with Crippen LogP contribution in [0.4, 0.5) is 10.1 Å². The molecule has 0 unspecified atom stereocenters. The molecule has 7 nitrogen and oxygen atoms in total. The van der Waals surface area contributed by atoms with Crippen LogP contribution in [0.25, 0.3) is 11.6 Å². The lowest BCUT2D eigenvalue weighted by atomic mass is 9.95. The monoisotopic (exact) mass is 442 g/mol. The lowest BCUT2D eigenvalue weighted by molar-refractivity contribution is -0.114. The molecule has 3 aromatic rings. The van der Waals surface area contributed by atoms with Gasteiger partial charge in [-0.3, -0.25) is 14.2 Å². The number of hydrogen-bond donors (Lipinski definition) is 1. The zero-order valence-corrected chi connectivity index (χ0v) is 18.0. The molecular weight excluding hydrogens is 419 g/mol. The zero-order chi connectivity index (χ0) is 21.8. The minimum absolute atomic E-state index is 0.0170. The highest BCUT2D eigenvalue weighted by atomic mass is 32.2. The maximum Gasteiger partial charge on any atom is 0.221 e. The fourth-order valence-corrected chi connectivity index (χ4v) is 4.74. The molecule has 1 N–H and O–H groups in total. The lowest BCUT2D eigenvalue weighted by Crippen LogP contribution is -2.15. The normalized spacial score (nSPS) is 14.5. The van der Waals surface area contributed by atoms with Crippen LogP contribution in [-0.4, -0.2) is 32.2 Å². The number of halogens is 1. The Morgan fingerprint density at radius 1 is 1.23 bits per heavy atom. The Hall–Kier alpha value is -2.94. The quantitative estimate of drug-likeness (QED) is 0.404. The van der Waals surface area contributed by atoms with Gasteiger partial charge in [0.15, 0.2) is 16.7 Å². The first-order chi connectivity index (χ1) is 15.0. The van der Waals surface area contributed by atoms with Crippen LogP contribution in [0, 0.1) is 5.82 Å². The molecular formula is C22H23FN4O3S. The van der Waals surface area contributed by atoms with Gasteiger partial charge in [-0.25, -0.2) is 4.39 Å². The maximum atomic E-state index is 14.4. The first-order valence-corrected chi connectivity index (χ1v) is 11.2. The van der Waals surface area contributed by atoms with Crippen molar-refractivity contribution in [1.29, 1.82) is 0 Å². The van der Waals surface area contributed by atoms with Gasteiger partial charge in [0.2, 0.25) is 11.7 Å². The van der Waals surface area contributed by atoms with Crippen molar-refractivity contribution in [3.63, 3.8) is 0 Å². The van der Waals surface area contributed by atoms with E-state index in [0.717, 1.165) is 31.7 Å². The van der Waals surface area contributed by atoms with E-state index >= 15 is 0 Å². The molecule has 31 heavy (non-hydrogen) atoms. The molecule has 0 bridgehead atoms. The molecule has 1 aromatic carbocycles. The summed E-state index contributed by atoms with van der Waals surface area (Å²) in [6.07, 6.45) is 7.12. The second-order valence-corrected chi connectivity index (χ2v) is 8.48. The third-order valence-electron chi connectivity index (χ3n) is 5.27. The molecule has 0 atom stereocenters. The van der Waals surface area contributed by atoms with E-state index in [1.165, 1.54) is 37.2 Å². The van der Waals surface area contributed by atoms with Gasteiger partial charge in [-0.1, -0.05) is 31.0 Å². The fourth-order valence-electron chi connectivity index (χ4n) is 3.85. The minimum Gasteiger partial charge on any atom is -0.461 e. The third kappa shape index (κ3) is 4.87. The van der Waals surface area contributed by atoms with E-state index in [2.05, 4.69) is 20.1 Å². The average Bonchev–Trinajstić information content (AvgIpc) is 3.42. The van der Waals surface area contributed by atoms with Gasteiger partial charge in [0.05, 0.1) is 17.6 Å². The van der Waals surface area contributed by atoms with E-state index in [1.807, 2.05) is 6.07 Å². The Morgan fingerprint density at radius 3 is 2.71 bits per heavy atom. The Labute approximate surface area is 183 Å². The number of thioether (sulfide) groups is 1. The number of hydrogen-bond acceptors (Lipinski definition) is 6. The van der Waals surface area contributed by atoms with Gasteiger partial charge >= 0.3 is 0 Å². The summed E-state index contributed by atoms with van der Waals surface area (Å²) in [6.45, 7) is 1.34. The molecule has 0 saturated heterocycles. The molecule has 0 spiro atoms. The molecule has 2 heterocycles. The maximum absolute atomic E-state index is 14.4. The second-order valence-electron chi connectivity index (χ2n) is 7.53. The second kappa shape index (κ2) is 9.47. The summed E-state index contributed by atoms with van der Waals surface area (Å²) in [5.74, 6) is -0.00662. The number of amides is 1. The Morgan fingerprint density at radius 2 is 2.03 bits per heavy atom. The third-order valence-corrected chi connectivity index (χ3v) is 6.21. The van der Waals surface area contributed by atoms with Crippen molar-refractivity contribution in [3.8, 4) is 11.6 Å². The van der Waals surface area contributed by atoms with Crippen molar-refractivity contribution >= 4 is 29.1 Å². The number of anilines is 1. The van der Waals surface area contributed by atoms with Gasteiger partial charge < -0.3 is 9.73 Å². The zero-order valence-electron chi connectivity index (χ0n) is 17.1. The number of nitrogens with one attached hydrogen (secondary N) is 1. The van der Waals surface area contributed by atoms with Gasteiger partial charge in [-0.2, -0.15) is 0 Å². The van der Waals surface area contributed by atoms with Crippen LogP contribution in [0.5, 0.6) is 0 Å². The molecule has 9 heteroatoms. The van der Waals surface area contributed by atoms with Crippen LogP contribution in [0.15, 0.2) is 46.2 Å². The highest BCUT2D eigenvalue weighted by Crippen LogP contribution is 2.35. The largest absolute Gasteiger partial charge is 0.461 e. The summed E-state index contributed by atoms with van der Waals surface area (Å²) >= 11 is 1.25. The van der Waals surface area contributed by atoms with E-state index in [9.17, 15) is 14.0 Å². The first-order valence-electron chi connectivity index (χ1n) is 10.2. The van der Waals surface area contributed by atoms with E-state index in [-0.39, 0.29) is 29.0 Å². The topological polar surface area (TPSA) is 90.0 Å². The summed E-state index contributed by atoms with van der Waals surface area (Å²) in [7, 11) is 0. The van der Waals surface area contributed by atoms with E-state index in [1.54, 1.807) is 12.3 Å². The number of carbonyl (C=O) groups is 2. The number of Topliss-reactive ketones (excluding diaryl/α,β-unsaturated/α-hetero) is 1. The Bertz CT molecular complexity index is 1070. The molecule has 2 aromatic heterocycles. The SMILES string of the molecule is CC(=O)Nc1ccc(C(=O)CSc2nnc(-c3ccco3)n2C2CCCCC2)c(F)c1. The van der Waals surface area contributed by atoms with Crippen molar-refractivity contribution in [3.05, 3.63) is 48.0 Å². The molecule has 1 amide bonds. The van der Waals surface area contributed by atoms with Crippen molar-refractivity contribution in [2.75, 3.05) is 11.1 Å². The summed E-state index contributed by atoms with van der Waals surface area (Å²) in [4.78, 5) is 23.8. The van der Waals surface area contributed by atoms with Crippen LogP contribution in [-0.2, 0) is 4.79 Å². The number of furan rings is 1. The predicted octanol–water partition coefficient (Wildman–Crippen LogP) is 5.12. The summed E-state index contributed by atoms with van der Waals surface area (Å²) in [5.41, 5.74) is 0.297. The number of aromatic nitrogens is 3. The number of benzene rings is 1. The first kappa shape index (κ1) is 21.3. The number of rotatable bonds is 7. The molecule has 4 rings (SSSR count). The molecule has 1 saturated carbocycles. The average molecular weight is 443 g/mol. The summed E-state index contributed by atoms with van der Waals surface area (Å²) in [6, 6.07) is 7.95. The van der Waals surface area contributed by atoms with Crippen LogP contribution in [0.3, 0.4) is 0 Å². The summed E-state index contributed by atoms with van der Waals surface area (Å²) < 4.78 is 22.0. The molecule has 1 aliphatic carbocycles. The van der Waals surface area contributed by atoms with Gasteiger partial charge in [0, 0.05) is 18.7 Å². The van der Waals surface area contributed by atoms with E-state index in [4.69, 9.17) is 4.42 Å². The number of nitrogens with zero attached hydrogens (tertiary/aromatic N) is 3. The minimum atomic E-state index is -0.665. The van der Waals surface area contributed by atoms with Crippen molar-refractivity contribution in [2.45, 2.75) is 50.2 Å². The molecule has 0 aliphatic heterocycles. The predicted molar refractivity (Wildman–Crippen MR) is 116 cm³/mol. The Balaban J connectivity index is 1.53. The van der Waals surface area contributed by atoms with E-state index in [0.29, 0.717) is 22.4 Å². The van der Waals surface area contributed by atoms with Crippen LogP contribution < -0.4 is 5.32 Å². The van der Waals surface area contributed by atoms with Crippen LogP contribution in [0.2, 0.25) is 0 Å². The van der Waals surface area contributed by atoms with Gasteiger partial charge in [0.25, 0.3) is 0 Å². The Kier molecular flexibility index (Phi) is 6.50. The highest BCUT2D eigenvalue weighted by molar-refractivity contribution is 7.99. The van der Waals surface area contributed by atoms with Gasteiger partial charge in [0.1, 0.15) is 5.82 Å². The van der Waals surface area contributed by atoms with Crippen molar-refractivity contribution in [1.82, 2.24) is 14.8 Å². The van der Waals surface area contributed by atoms with Gasteiger partial charge in [-0.05, 0) is 43.2 Å². The molecule has 1 fully saturated rings. The van der Waals surface area contributed by atoms with Crippen molar-refractivity contribution < 1.29 is 18.4 Å². The number of carbonyl (C=O) groups excluding carboxylic acids is 2. The van der Waals surface area contributed by atoms with Crippen LogP contribution >= 0.6 is 11.8 Å². The van der Waals surface area contributed by atoms with Gasteiger partial charge in [-0.15, -0.1) is 10.2 Å². The molecule has 0 radical (unpaired) electrons. The smallest absolute Gasteiger partial charge is 0.221 e. The molecule has 1 aliphatic rings. The van der Waals surface area contributed by atoms with Crippen LogP contribution in [0.1, 0.15) is 55.4 Å². The standard InChI is InChI=1S/C22H23FN4O3S/c1-14(28)24-15-9-10-17(18(23)12-15)19(29)13-31-22-26-25-21(20-8-5-11-30-20)27(22)16-6-3-2-4-7-16/h5,8-12,16H,2-4,6-7,13H2,1H3,(H,24,28). The van der Waals surface area contributed by atoms with Crippen molar-refractivity contribution in [2.24, 2.45) is 0 Å².